The Bertz CT molecular complexity index is 235. The van der Waals surface area contributed by atoms with Crippen molar-refractivity contribution in [3.63, 3.8) is 0 Å². The van der Waals surface area contributed by atoms with E-state index in [0.29, 0.717) is 12.6 Å². The molecule has 0 amide bonds. The summed E-state index contributed by atoms with van der Waals surface area (Å²) in [5.41, 5.74) is 2.57. The van der Waals surface area contributed by atoms with Crippen LogP contribution in [0.15, 0.2) is 12.2 Å². The fraction of sp³-hybridized carbons (Fsp3) is 0.700. The van der Waals surface area contributed by atoms with Crippen LogP contribution in [0.25, 0.3) is 0 Å². The first-order chi connectivity index (χ1) is 8.14. The Kier molecular flexibility index (Phi) is 8.91. The van der Waals surface area contributed by atoms with E-state index in [0.717, 1.165) is 6.42 Å². The summed E-state index contributed by atoms with van der Waals surface area (Å²) in [6.07, 6.45) is 3.68. The van der Waals surface area contributed by atoms with Crippen molar-refractivity contribution in [2.24, 2.45) is 0 Å². The number of allylic oxidation sites excluding steroid dienone is 1. The maximum Gasteiger partial charge on any atom is 0.500 e. The molecule has 1 N–H and O–H groups in total. The summed E-state index contributed by atoms with van der Waals surface area (Å²) in [6.45, 7) is 2.27. The lowest BCUT2D eigenvalue weighted by Crippen LogP contribution is -2.43. The first kappa shape index (κ1) is 16.3. The van der Waals surface area contributed by atoms with Crippen molar-refractivity contribution in [3.05, 3.63) is 12.2 Å². The molecule has 0 aliphatic heterocycles. The van der Waals surface area contributed by atoms with E-state index < -0.39 is 14.8 Å². The number of hydroxylamine groups is 1. The predicted octanol–water partition coefficient (Wildman–Crippen LogP) is 0.878. The summed E-state index contributed by atoms with van der Waals surface area (Å²) in [7, 11) is 2.20. The molecule has 100 valence electrons. The highest BCUT2D eigenvalue weighted by Gasteiger charge is 2.36. The van der Waals surface area contributed by atoms with Crippen molar-refractivity contribution in [2.75, 3.05) is 27.9 Å². The van der Waals surface area contributed by atoms with E-state index in [1.165, 1.54) is 6.08 Å². The van der Waals surface area contributed by atoms with E-state index in [1.54, 1.807) is 34.3 Å². The van der Waals surface area contributed by atoms with E-state index in [2.05, 4.69) is 5.48 Å². The molecule has 0 heterocycles. The Hall–Kier alpha value is -0.733. The zero-order valence-corrected chi connectivity index (χ0v) is 11.8. The number of carbonyl (C=O) groups excluding carboxylic acids is 1. The largest absolute Gasteiger partial charge is 0.500 e. The molecule has 17 heavy (non-hydrogen) atoms. The second-order valence-electron chi connectivity index (χ2n) is 3.21. The molecule has 7 heteroatoms. The van der Waals surface area contributed by atoms with Crippen molar-refractivity contribution >= 4 is 14.8 Å². The van der Waals surface area contributed by atoms with Crippen LogP contribution in [0, 0.1) is 0 Å². The Morgan fingerprint density at radius 3 is 2.29 bits per heavy atom. The molecule has 0 aliphatic carbocycles. The maximum atomic E-state index is 10.9. The highest BCUT2D eigenvalue weighted by Crippen LogP contribution is 2.14. The van der Waals surface area contributed by atoms with Gasteiger partial charge in [-0.25, -0.2) is 4.79 Å². The van der Waals surface area contributed by atoms with Crippen LogP contribution in [0.2, 0.25) is 6.04 Å². The molecule has 0 fully saturated rings. The van der Waals surface area contributed by atoms with E-state index in [9.17, 15) is 4.79 Å². The lowest BCUT2D eigenvalue weighted by atomic mass is 10.5. The van der Waals surface area contributed by atoms with Crippen LogP contribution < -0.4 is 5.48 Å². The molecule has 6 nitrogen and oxygen atoms in total. The molecule has 0 aromatic heterocycles. The fourth-order valence-electron chi connectivity index (χ4n) is 1.23. The second-order valence-corrected chi connectivity index (χ2v) is 6.31. The summed E-state index contributed by atoms with van der Waals surface area (Å²) in [6, 6.07) is 0.657. The quantitative estimate of drug-likeness (QED) is 0.288. The first-order valence-corrected chi connectivity index (χ1v) is 7.29. The molecule has 0 aliphatic rings. The predicted molar refractivity (Wildman–Crippen MR) is 65.1 cm³/mol. The summed E-state index contributed by atoms with van der Waals surface area (Å²) in [4.78, 5) is 15.7. The molecule has 0 aromatic rings. The fourth-order valence-corrected chi connectivity index (χ4v) is 2.95. The topological polar surface area (TPSA) is 66.0 Å². The Balaban J connectivity index is 3.72. The highest BCUT2D eigenvalue weighted by atomic mass is 28.4. The van der Waals surface area contributed by atoms with Crippen molar-refractivity contribution in [2.45, 2.75) is 19.4 Å². The standard InChI is InChI=1S/C10H21NO5Si/c1-5-7-10(12)16-11-8-6-9-17(13-2,14-3)15-4/h5,7,11H,6,8-9H2,1-4H3. The Morgan fingerprint density at radius 1 is 1.24 bits per heavy atom. The minimum Gasteiger partial charge on any atom is -0.377 e. The van der Waals surface area contributed by atoms with Crippen LogP contribution in [0.3, 0.4) is 0 Å². The minimum atomic E-state index is -2.50. The molecule has 0 aromatic carbocycles. The molecule has 0 atom stereocenters. The van der Waals surface area contributed by atoms with Crippen molar-refractivity contribution in [1.82, 2.24) is 5.48 Å². The number of rotatable bonds is 9. The maximum absolute atomic E-state index is 10.9. The van der Waals surface area contributed by atoms with Crippen molar-refractivity contribution in [3.8, 4) is 0 Å². The molecule has 0 rings (SSSR count). The summed E-state index contributed by atoms with van der Waals surface area (Å²) < 4.78 is 15.8. The van der Waals surface area contributed by atoms with Gasteiger partial charge in [0, 0.05) is 40.0 Å². The van der Waals surface area contributed by atoms with Gasteiger partial charge in [-0.2, -0.15) is 5.48 Å². The number of carbonyl (C=O) groups is 1. The summed E-state index contributed by atoms with van der Waals surface area (Å²) in [5, 5.41) is 0. The van der Waals surface area contributed by atoms with Gasteiger partial charge in [-0.05, 0) is 13.3 Å². The molecule has 0 saturated carbocycles. The number of hydrogen-bond acceptors (Lipinski definition) is 6. The average molecular weight is 263 g/mol. The van der Waals surface area contributed by atoms with Gasteiger partial charge in [0.2, 0.25) is 0 Å². The van der Waals surface area contributed by atoms with Gasteiger partial charge in [0.15, 0.2) is 0 Å². The SMILES string of the molecule is CC=CC(=O)ONCCC[Si](OC)(OC)OC. The zero-order valence-electron chi connectivity index (χ0n) is 10.8. The van der Waals surface area contributed by atoms with Crippen molar-refractivity contribution in [1.29, 1.82) is 0 Å². The molecule has 0 saturated heterocycles. The highest BCUT2D eigenvalue weighted by molar-refractivity contribution is 6.60. The third-order valence-corrected chi connectivity index (χ3v) is 5.00. The van der Waals surface area contributed by atoms with Crippen LogP contribution >= 0.6 is 0 Å². The first-order valence-electron chi connectivity index (χ1n) is 5.36. The number of nitrogens with one attached hydrogen (secondary N) is 1. The van der Waals surface area contributed by atoms with Gasteiger partial charge in [0.05, 0.1) is 0 Å². The van der Waals surface area contributed by atoms with Gasteiger partial charge in [0.1, 0.15) is 0 Å². The van der Waals surface area contributed by atoms with E-state index >= 15 is 0 Å². The molecule has 0 bridgehead atoms. The minimum absolute atomic E-state index is 0.416. The van der Waals surface area contributed by atoms with Crippen LogP contribution in [-0.2, 0) is 22.9 Å². The summed E-state index contributed by atoms with van der Waals surface area (Å²) in [5.74, 6) is -0.416. The molecular formula is C10H21NO5Si. The van der Waals surface area contributed by atoms with Crippen LogP contribution in [0.5, 0.6) is 0 Å². The van der Waals surface area contributed by atoms with Gasteiger partial charge in [0.25, 0.3) is 0 Å². The molecule has 0 spiro atoms. The number of hydrogen-bond donors (Lipinski definition) is 1. The summed E-state index contributed by atoms with van der Waals surface area (Å²) >= 11 is 0. The Morgan fingerprint density at radius 2 is 1.82 bits per heavy atom. The van der Waals surface area contributed by atoms with E-state index in [-0.39, 0.29) is 0 Å². The van der Waals surface area contributed by atoms with Crippen molar-refractivity contribution < 1.29 is 22.9 Å². The van der Waals surface area contributed by atoms with E-state index in [1.807, 2.05) is 0 Å². The van der Waals surface area contributed by atoms with Crippen LogP contribution in [-0.4, -0.2) is 42.6 Å². The monoisotopic (exact) mass is 263 g/mol. The second kappa shape index (κ2) is 9.31. The van der Waals surface area contributed by atoms with E-state index in [4.69, 9.17) is 18.1 Å². The van der Waals surface area contributed by atoms with Gasteiger partial charge in [-0.15, -0.1) is 0 Å². The van der Waals surface area contributed by atoms with Gasteiger partial charge < -0.3 is 18.1 Å². The van der Waals surface area contributed by atoms with Crippen LogP contribution in [0.4, 0.5) is 0 Å². The van der Waals surface area contributed by atoms with Crippen LogP contribution in [0.1, 0.15) is 13.3 Å². The normalized spacial score (nSPS) is 12.0. The lowest BCUT2D eigenvalue weighted by molar-refractivity contribution is -0.144. The Labute approximate surface area is 103 Å². The third-order valence-electron chi connectivity index (χ3n) is 2.17. The third kappa shape index (κ3) is 6.54. The average Bonchev–Trinajstić information content (AvgIpc) is 2.35. The molecule has 0 unspecified atom stereocenters. The smallest absolute Gasteiger partial charge is 0.377 e. The lowest BCUT2D eigenvalue weighted by Gasteiger charge is -2.24. The van der Waals surface area contributed by atoms with Gasteiger partial charge >= 0.3 is 14.8 Å². The zero-order chi connectivity index (χ0) is 13.1. The van der Waals surface area contributed by atoms with Gasteiger partial charge in [-0.1, -0.05) is 6.08 Å². The molecular weight excluding hydrogens is 242 g/mol. The van der Waals surface area contributed by atoms with Gasteiger partial charge in [-0.3, -0.25) is 0 Å². The molecule has 0 radical (unpaired) electrons.